The molecule has 0 saturated heterocycles. The molecule has 0 aliphatic heterocycles. The van der Waals surface area contributed by atoms with E-state index in [1.54, 1.807) is 14.2 Å². The molecule has 0 radical (unpaired) electrons. The van der Waals surface area contributed by atoms with E-state index in [9.17, 15) is 0 Å². The maximum absolute atomic E-state index is 5.30. The van der Waals surface area contributed by atoms with E-state index in [0.717, 1.165) is 22.6 Å². The normalized spacial score (nSPS) is 11.4. The quantitative estimate of drug-likeness (QED) is 0.323. The highest BCUT2D eigenvalue weighted by Gasteiger charge is 1.98. The summed E-state index contributed by atoms with van der Waals surface area (Å²) in [4.78, 5) is 0. The molecule has 0 aliphatic rings. The Morgan fingerprint density at radius 3 is 1.33 bits per heavy atom. The lowest BCUT2D eigenvalue weighted by Crippen LogP contribution is -1.82. The number of hydrogen-bond donors (Lipinski definition) is 0. The fourth-order valence-electron chi connectivity index (χ4n) is 3.37. The summed E-state index contributed by atoms with van der Waals surface area (Å²) < 4.78 is 10.6. The molecular weight excluding hydrogens is 368 g/mol. The minimum Gasteiger partial charge on any atom is -0.497 e. The van der Waals surface area contributed by atoms with Gasteiger partial charge in [-0.15, -0.1) is 0 Å². The van der Waals surface area contributed by atoms with Crippen LogP contribution in [0.25, 0.3) is 35.1 Å². The van der Waals surface area contributed by atoms with Crippen LogP contribution in [0.3, 0.4) is 0 Å². The van der Waals surface area contributed by atoms with Gasteiger partial charge in [-0.05, 0) is 69.4 Å². The Kier molecular flexibility index (Phi) is 5.95. The highest BCUT2D eigenvalue weighted by molar-refractivity contribution is 5.88. The van der Waals surface area contributed by atoms with Gasteiger partial charge in [0.2, 0.25) is 0 Å². The monoisotopic (exact) mass is 392 g/mol. The van der Waals surface area contributed by atoms with Gasteiger partial charge < -0.3 is 9.47 Å². The van der Waals surface area contributed by atoms with Crippen LogP contribution in [0.4, 0.5) is 0 Å². The predicted octanol–water partition coefficient (Wildman–Crippen LogP) is 7.20. The fraction of sp³-hybridized carbons (Fsp3) is 0.0714. The predicted molar refractivity (Wildman–Crippen MR) is 128 cm³/mol. The number of hydrogen-bond acceptors (Lipinski definition) is 2. The maximum atomic E-state index is 5.30. The van der Waals surface area contributed by atoms with E-state index in [1.807, 2.05) is 36.4 Å². The summed E-state index contributed by atoms with van der Waals surface area (Å²) in [5.41, 5.74) is 4.56. The van der Waals surface area contributed by atoms with E-state index >= 15 is 0 Å². The summed E-state index contributed by atoms with van der Waals surface area (Å²) in [5, 5.41) is 2.45. The molecule has 0 saturated carbocycles. The van der Waals surface area contributed by atoms with Gasteiger partial charge in [-0.25, -0.2) is 0 Å². The number of ether oxygens (including phenoxy) is 2. The van der Waals surface area contributed by atoms with Crippen molar-refractivity contribution in [3.63, 3.8) is 0 Å². The zero-order valence-electron chi connectivity index (χ0n) is 17.2. The lowest BCUT2D eigenvalue weighted by Gasteiger charge is -2.03. The molecule has 0 aromatic heterocycles. The Morgan fingerprint density at radius 2 is 0.900 bits per heavy atom. The molecule has 2 nitrogen and oxygen atoms in total. The van der Waals surface area contributed by atoms with Gasteiger partial charge in [0.1, 0.15) is 11.5 Å². The molecule has 4 aromatic carbocycles. The van der Waals surface area contributed by atoms with Crippen molar-refractivity contribution in [2.45, 2.75) is 0 Å². The maximum Gasteiger partial charge on any atom is 0.119 e. The average molecular weight is 392 g/mol. The first kappa shape index (κ1) is 19.5. The second kappa shape index (κ2) is 9.15. The van der Waals surface area contributed by atoms with Crippen LogP contribution in [0.1, 0.15) is 22.3 Å². The highest BCUT2D eigenvalue weighted by Crippen LogP contribution is 2.22. The van der Waals surface area contributed by atoms with Gasteiger partial charge in [-0.2, -0.15) is 0 Å². The Balaban J connectivity index is 1.57. The van der Waals surface area contributed by atoms with Crippen LogP contribution in [0.5, 0.6) is 11.5 Å². The van der Waals surface area contributed by atoms with Crippen molar-refractivity contribution in [2.24, 2.45) is 0 Å². The van der Waals surface area contributed by atoms with Gasteiger partial charge in [-0.3, -0.25) is 0 Å². The SMILES string of the molecule is COc1cccc(/C=C\c2ccc3ccc(/C=C\c4cccc(OC)c4)cc3c2)c1. The van der Waals surface area contributed by atoms with Crippen LogP contribution in [0.15, 0.2) is 84.9 Å². The molecule has 4 aromatic rings. The van der Waals surface area contributed by atoms with Crippen LogP contribution in [0, 0.1) is 0 Å². The largest absolute Gasteiger partial charge is 0.497 e. The molecule has 4 rings (SSSR count). The minimum atomic E-state index is 0.864. The Morgan fingerprint density at radius 1 is 0.467 bits per heavy atom. The summed E-state index contributed by atoms with van der Waals surface area (Å²) in [6, 6.07) is 29.1. The molecule has 0 spiro atoms. The van der Waals surface area contributed by atoms with E-state index in [2.05, 4.69) is 72.8 Å². The van der Waals surface area contributed by atoms with E-state index in [1.165, 1.54) is 21.9 Å². The summed E-state index contributed by atoms with van der Waals surface area (Å²) in [6.45, 7) is 0. The first-order valence-electron chi connectivity index (χ1n) is 9.91. The van der Waals surface area contributed by atoms with Gasteiger partial charge in [0.25, 0.3) is 0 Å². The third-order valence-corrected chi connectivity index (χ3v) is 5.01. The van der Waals surface area contributed by atoms with Crippen LogP contribution in [-0.4, -0.2) is 14.2 Å². The fourth-order valence-corrected chi connectivity index (χ4v) is 3.37. The smallest absolute Gasteiger partial charge is 0.119 e. The molecule has 0 heterocycles. The van der Waals surface area contributed by atoms with Crippen molar-refractivity contribution in [2.75, 3.05) is 14.2 Å². The molecule has 0 amide bonds. The highest BCUT2D eigenvalue weighted by atomic mass is 16.5. The molecule has 0 unspecified atom stereocenters. The molecule has 0 aliphatic carbocycles. The van der Waals surface area contributed by atoms with Gasteiger partial charge in [0.15, 0.2) is 0 Å². The topological polar surface area (TPSA) is 18.5 Å². The summed E-state index contributed by atoms with van der Waals surface area (Å²) in [6.07, 6.45) is 8.48. The van der Waals surface area contributed by atoms with Crippen molar-refractivity contribution in [1.29, 1.82) is 0 Å². The van der Waals surface area contributed by atoms with Gasteiger partial charge >= 0.3 is 0 Å². The molecule has 0 N–H and O–H groups in total. The second-order valence-corrected chi connectivity index (χ2v) is 7.09. The van der Waals surface area contributed by atoms with Crippen LogP contribution in [-0.2, 0) is 0 Å². The van der Waals surface area contributed by atoms with E-state index in [-0.39, 0.29) is 0 Å². The third-order valence-electron chi connectivity index (χ3n) is 5.01. The number of benzene rings is 4. The summed E-state index contributed by atoms with van der Waals surface area (Å²) in [5.74, 6) is 1.73. The Labute approximate surface area is 177 Å². The zero-order chi connectivity index (χ0) is 20.8. The van der Waals surface area contributed by atoms with Crippen molar-refractivity contribution >= 4 is 35.1 Å². The van der Waals surface area contributed by atoms with Gasteiger partial charge in [-0.1, -0.05) is 72.8 Å². The zero-order valence-corrected chi connectivity index (χ0v) is 17.2. The summed E-state index contributed by atoms with van der Waals surface area (Å²) in [7, 11) is 3.37. The molecule has 30 heavy (non-hydrogen) atoms. The van der Waals surface area contributed by atoms with Crippen molar-refractivity contribution in [3.8, 4) is 11.5 Å². The van der Waals surface area contributed by atoms with E-state index in [0.29, 0.717) is 0 Å². The number of rotatable bonds is 6. The molecule has 2 heteroatoms. The Bertz CT molecular complexity index is 1130. The first-order valence-corrected chi connectivity index (χ1v) is 9.91. The van der Waals surface area contributed by atoms with Gasteiger partial charge in [0.05, 0.1) is 14.2 Å². The van der Waals surface area contributed by atoms with Crippen molar-refractivity contribution < 1.29 is 9.47 Å². The van der Waals surface area contributed by atoms with Crippen molar-refractivity contribution in [3.05, 3.63) is 107 Å². The lowest BCUT2D eigenvalue weighted by molar-refractivity contribution is 0.414. The standard InChI is InChI=1S/C28H24O2/c1-29-27-7-3-5-21(19-27)9-11-23-13-15-25-16-14-24(18-26(25)17-23)12-10-22-6-4-8-28(20-22)30-2/h3-20H,1-2H3/b11-9-,12-10-. The van der Waals surface area contributed by atoms with E-state index < -0.39 is 0 Å². The third kappa shape index (κ3) is 4.79. The van der Waals surface area contributed by atoms with Crippen LogP contribution < -0.4 is 9.47 Å². The van der Waals surface area contributed by atoms with Crippen LogP contribution in [0.2, 0.25) is 0 Å². The molecule has 0 bridgehead atoms. The molecule has 0 fully saturated rings. The molecular formula is C28H24O2. The van der Waals surface area contributed by atoms with Crippen molar-refractivity contribution in [1.82, 2.24) is 0 Å². The van der Waals surface area contributed by atoms with Gasteiger partial charge in [0, 0.05) is 0 Å². The summed E-state index contributed by atoms with van der Waals surface area (Å²) >= 11 is 0. The number of methoxy groups -OCH3 is 2. The molecule has 0 atom stereocenters. The number of fused-ring (bicyclic) bond motifs is 1. The average Bonchev–Trinajstić information content (AvgIpc) is 2.81. The minimum absolute atomic E-state index is 0.864. The molecule has 148 valence electrons. The first-order chi connectivity index (χ1) is 14.7. The Hall–Kier alpha value is -3.78. The van der Waals surface area contributed by atoms with E-state index in [4.69, 9.17) is 9.47 Å². The second-order valence-electron chi connectivity index (χ2n) is 7.09. The lowest BCUT2D eigenvalue weighted by atomic mass is 10.0. The van der Waals surface area contributed by atoms with Crippen LogP contribution >= 0.6 is 0 Å².